The van der Waals surface area contributed by atoms with Crippen molar-refractivity contribution in [2.75, 3.05) is 30.8 Å². The standard InChI is InChI=1S/C15H22N2O2/c1-10-7-13(16)14(8-11(10)2)17-6-4-5-12(9-17)15(18)19-3/h7-8,12H,4-6,9,16H2,1-3H3/t12-/m1/s1. The number of nitrogens with two attached hydrogens (primary N) is 1. The molecule has 4 nitrogen and oxygen atoms in total. The summed E-state index contributed by atoms with van der Waals surface area (Å²) in [6, 6.07) is 4.12. The highest BCUT2D eigenvalue weighted by molar-refractivity contribution is 5.75. The van der Waals surface area contributed by atoms with Crippen LogP contribution < -0.4 is 10.6 Å². The maximum atomic E-state index is 11.7. The van der Waals surface area contributed by atoms with E-state index in [1.807, 2.05) is 6.07 Å². The van der Waals surface area contributed by atoms with Gasteiger partial charge in [-0.2, -0.15) is 0 Å². The van der Waals surface area contributed by atoms with E-state index in [-0.39, 0.29) is 11.9 Å². The largest absolute Gasteiger partial charge is 0.469 e. The van der Waals surface area contributed by atoms with E-state index >= 15 is 0 Å². The van der Waals surface area contributed by atoms with Gasteiger partial charge in [0.1, 0.15) is 0 Å². The van der Waals surface area contributed by atoms with E-state index in [0.29, 0.717) is 6.54 Å². The van der Waals surface area contributed by atoms with E-state index in [1.165, 1.54) is 18.2 Å². The number of ether oxygens (including phenoxy) is 1. The zero-order valence-electron chi connectivity index (χ0n) is 11.9. The van der Waals surface area contributed by atoms with Crippen LogP contribution in [0.25, 0.3) is 0 Å². The second-order valence-corrected chi connectivity index (χ2v) is 5.30. The molecule has 1 aromatic rings. The summed E-state index contributed by atoms with van der Waals surface area (Å²) in [6.45, 7) is 5.78. The third-order valence-corrected chi connectivity index (χ3v) is 3.94. The van der Waals surface area contributed by atoms with Gasteiger partial charge in [-0.1, -0.05) is 0 Å². The lowest BCUT2D eigenvalue weighted by atomic mass is 9.97. The minimum absolute atomic E-state index is 0.0419. The van der Waals surface area contributed by atoms with E-state index < -0.39 is 0 Å². The molecule has 0 saturated carbocycles. The molecule has 1 saturated heterocycles. The van der Waals surface area contributed by atoms with Gasteiger partial charge in [0.15, 0.2) is 0 Å². The first-order valence-electron chi connectivity index (χ1n) is 6.72. The number of benzene rings is 1. The Morgan fingerprint density at radius 3 is 2.74 bits per heavy atom. The molecule has 0 aliphatic carbocycles. The molecule has 0 unspecified atom stereocenters. The minimum Gasteiger partial charge on any atom is -0.469 e. The van der Waals surface area contributed by atoms with E-state index in [9.17, 15) is 4.79 Å². The lowest BCUT2D eigenvalue weighted by Crippen LogP contribution is -2.39. The second kappa shape index (κ2) is 5.51. The van der Waals surface area contributed by atoms with E-state index in [1.54, 1.807) is 0 Å². The highest BCUT2D eigenvalue weighted by Crippen LogP contribution is 2.30. The van der Waals surface area contributed by atoms with E-state index in [4.69, 9.17) is 10.5 Å². The lowest BCUT2D eigenvalue weighted by Gasteiger charge is -2.34. The molecule has 1 aliphatic rings. The van der Waals surface area contributed by atoms with Gasteiger partial charge in [-0.25, -0.2) is 0 Å². The molecule has 1 heterocycles. The fourth-order valence-corrected chi connectivity index (χ4v) is 2.65. The Hall–Kier alpha value is -1.71. The normalized spacial score (nSPS) is 19.3. The Morgan fingerprint density at radius 2 is 2.05 bits per heavy atom. The molecule has 0 bridgehead atoms. The molecule has 2 rings (SSSR count). The number of nitrogens with zero attached hydrogens (tertiary/aromatic N) is 1. The third kappa shape index (κ3) is 2.83. The summed E-state index contributed by atoms with van der Waals surface area (Å²) in [5, 5.41) is 0. The van der Waals surface area contributed by atoms with Crippen molar-refractivity contribution in [3.05, 3.63) is 23.3 Å². The van der Waals surface area contributed by atoms with Crippen LogP contribution in [-0.4, -0.2) is 26.2 Å². The Kier molecular flexibility index (Phi) is 3.98. The molecule has 1 atom stereocenters. The molecule has 104 valence electrons. The van der Waals surface area contributed by atoms with Crippen molar-refractivity contribution in [1.82, 2.24) is 0 Å². The summed E-state index contributed by atoms with van der Waals surface area (Å²) in [4.78, 5) is 13.9. The number of carbonyl (C=O) groups excluding carboxylic acids is 1. The zero-order valence-corrected chi connectivity index (χ0v) is 11.9. The van der Waals surface area contributed by atoms with Gasteiger partial charge in [0, 0.05) is 13.1 Å². The third-order valence-electron chi connectivity index (χ3n) is 3.94. The zero-order chi connectivity index (χ0) is 14.0. The van der Waals surface area contributed by atoms with Crippen molar-refractivity contribution < 1.29 is 9.53 Å². The van der Waals surface area contributed by atoms with Crippen LogP contribution in [0, 0.1) is 19.8 Å². The van der Waals surface area contributed by atoms with Gasteiger partial charge in [-0.3, -0.25) is 4.79 Å². The van der Waals surface area contributed by atoms with Crippen molar-refractivity contribution in [1.29, 1.82) is 0 Å². The van der Waals surface area contributed by atoms with Gasteiger partial charge in [0.2, 0.25) is 0 Å². The van der Waals surface area contributed by atoms with Crippen molar-refractivity contribution in [2.24, 2.45) is 5.92 Å². The quantitative estimate of drug-likeness (QED) is 0.656. The molecule has 0 aromatic heterocycles. The van der Waals surface area contributed by atoms with Crippen LogP contribution in [0.15, 0.2) is 12.1 Å². The summed E-state index contributed by atoms with van der Waals surface area (Å²) in [7, 11) is 1.45. The van der Waals surface area contributed by atoms with Gasteiger partial charge in [-0.15, -0.1) is 0 Å². The number of anilines is 2. The first-order valence-corrected chi connectivity index (χ1v) is 6.72. The number of hydrogen-bond acceptors (Lipinski definition) is 4. The molecular formula is C15H22N2O2. The molecule has 4 heteroatoms. The average molecular weight is 262 g/mol. The molecule has 19 heavy (non-hydrogen) atoms. The van der Waals surface area contributed by atoms with Crippen LogP contribution in [0.5, 0.6) is 0 Å². The van der Waals surface area contributed by atoms with Crippen LogP contribution in [0.4, 0.5) is 11.4 Å². The molecule has 1 aromatic carbocycles. The van der Waals surface area contributed by atoms with Gasteiger partial charge >= 0.3 is 5.97 Å². The van der Waals surface area contributed by atoms with Crippen LogP contribution in [0.1, 0.15) is 24.0 Å². The number of carbonyl (C=O) groups is 1. The van der Waals surface area contributed by atoms with Gasteiger partial charge in [-0.05, 0) is 49.9 Å². The van der Waals surface area contributed by atoms with Crippen molar-refractivity contribution in [3.63, 3.8) is 0 Å². The average Bonchev–Trinajstić information content (AvgIpc) is 2.42. The van der Waals surface area contributed by atoms with Gasteiger partial charge in [0.25, 0.3) is 0 Å². The van der Waals surface area contributed by atoms with Crippen molar-refractivity contribution >= 4 is 17.3 Å². The van der Waals surface area contributed by atoms with E-state index in [0.717, 1.165) is 30.8 Å². The van der Waals surface area contributed by atoms with Crippen molar-refractivity contribution in [3.8, 4) is 0 Å². The Morgan fingerprint density at radius 1 is 1.37 bits per heavy atom. The number of rotatable bonds is 2. The predicted octanol–water partition coefficient (Wildman–Crippen LogP) is 2.28. The molecule has 1 aliphatic heterocycles. The van der Waals surface area contributed by atoms with Crippen LogP contribution >= 0.6 is 0 Å². The van der Waals surface area contributed by atoms with Gasteiger partial charge in [0.05, 0.1) is 24.4 Å². The minimum atomic E-state index is -0.118. The molecule has 1 fully saturated rings. The van der Waals surface area contributed by atoms with Crippen LogP contribution in [0.3, 0.4) is 0 Å². The summed E-state index contributed by atoms with van der Waals surface area (Å²) < 4.78 is 4.85. The monoisotopic (exact) mass is 262 g/mol. The molecule has 0 spiro atoms. The Labute approximate surface area is 114 Å². The number of methoxy groups -OCH3 is 1. The number of piperidine rings is 1. The number of aryl methyl sites for hydroxylation is 2. The van der Waals surface area contributed by atoms with Crippen LogP contribution in [0.2, 0.25) is 0 Å². The fraction of sp³-hybridized carbons (Fsp3) is 0.533. The smallest absolute Gasteiger partial charge is 0.310 e. The van der Waals surface area contributed by atoms with E-state index in [2.05, 4.69) is 24.8 Å². The second-order valence-electron chi connectivity index (χ2n) is 5.30. The van der Waals surface area contributed by atoms with Gasteiger partial charge < -0.3 is 15.4 Å². The van der Waals surface area contributed by atoms with Crippen LogP contribution in [-0.2, 0) is 9.53 Å². The number of nitrogen functional groups attached to an aromatic ring is 1. The topological polar surface area (TPSA) is 55.6 Å². The highest BCUT2D eigenvalue weighted by Gasteiger charge is 2.27. The number of hydrogen-bond donors (Lipinski definition) is 1. The summed E-state index contributed by atoms with van der Waals surface area (Å²) in [5.74, 6) is -0.160. The molecule has 0 amide bonds. The summed E-state index contributed by atoms with van der Waals surface area (Å²) in [5.41, 5.74) is 10.4. The Balaban J connectivity index is 2.22. The van der Waals surface area contributed by atoms with Crippen molar-refractivity contribution in [2.45, 2.75) is 26.7 Å². The summed E-state index contributed by atoms with van der Waals surface area (Å²) >= 11 is 0. The predicted molar refractivity (Wildman–Crippen MR) is 77.3 cm³/mol. The maximum Gasteiger partial charge on any atom is 0.310 e. The molecule has 0 radical (unpaired) electrons. The summed E-state index contributed by atoms with van der Waals surface area (Å²) in [6.07, 6.45) is 1.89. The number of esters is 1. The molecular weight excluding hydrogens is 240 g/mol. The lowest BCUT2D eigenvalue weighted by molar-refractivity contribution is -0.145. The Bertz CT molecular complexity index is 485. The highest BCUT2D eigenvalue weighted by atomic mass is 16.5. The first kappa shape index (κ1) is 13.7. The maximum absolute atomic E-state index is 11.7. The molecule has 2 N–H and O–H groups in total. The first-order chi connectivity index (χ1) is 9.02. The fourth-order valence-electron chi connectivity index (χ4n) is 2.65. The SMILES string of the molecule is COC(=O)[C@@H]1CCCN(c2cc(C)c(C)cc2N)C1.